The molecule has 10 heteroatoms. The van der Waals surface area contributed by atoms with Gasteiger partial charge in [-0.25, -0.2) is 0 Å². The van der Waals surface area contributed by atoms with Crippen LogP contribution in [0.15, 0.2) is 48.5 Å². The van der Waals surface area contributed by atoms with Crippen molar-refractivity contribution in [2.75, 3.05) is 12.4 Å². The van der Waals surface area contributed by atoms with Crippen molar-refractivity contribution in [1.29, 1.82) is 0 Å². The van der Waals surface area contributed by atoms with Crippen molar-refractivity contribution in [3.05, 3.63) is 65.2 Å². The molecule has 5 nitrogen and oxygen atoms in total. The minimum absolute atomic E-state index is 0.0517. The second kappa shape index (κ2) is 8.70. The summed E-state index contributed by atoms with van der Waals surface area (Å²) in [5.74, 6) is -7.32. The highest BCUT2D eigenvalue weighted by Gasteiger charge is 2.61. The Hall–Kier alpha value is -3.07. The van der Waals surface area contributed by atoms with Gasteiger partial charge in [0.1, 0.15) is 5.75 Å². The van der Waals surface area contributed by atoms with Crippen LogP contribution in [0, 0.1) is 0 Å². The zero-order chi connectivity index (χ0) is 24.6. The lowest BCUT2D eigenvalue weighted by Crippen LogP contribution is -2.46. The Balaban J connectivity index is 1.90. The fraction of sp³-hybridized carbons (Fsp3) is 0.304. The van der Waals surface area contributed by atoms with Gasteiger partial charge in [-0.2, -0.15) is 17.6 Å². The van der Waals surface area contributed by atoms with Crippen molar-refractivity contribution in [1.82, 2.24) is 5.32 Å². The molecule has 1 aliphatic rings. The van der Waals surface area contributed by atoms with Crippen LogP contribution in [0.5, 0.6) is 5.75 Å². The Morgan fingerprint density at radius 1 is 1.15 bits per heavy atom. The first-order valence-electron chi connectivity index (χ1n) is 9.81. The van der Waals surface area contributed by atoms with Crippen LogP contribution in [0.2, 0.25) is 0 Å². The number of rotatable bonds is 6. The van der Waals surface area contributed by atoms with Gasteiger partial charge in [-0.15, -0.1) is 0 Å². The van der Waals surface area contributed by atoms with Crippen LogP contribution in [0.1, 0.15) is 35.3 Å². The number of carbonyl (C=O) groups is 2. The van der Waals surface area contributed by atoms with Gasteiger partial charge in [0, 0.05) is 34.1 Å². The SMILES string of the molecule is COc1ccc2c(c1)/C(=C/C(=O)c1cccc(NC(=O)C(F)(F)C(F)(F)Cl)c1)NC(C)(C)C2. The quantitative estimate of drug-likeness (QED) is 0.254. The van der Waals surface area contributed by atoms with Crippen molar-refractivity contribution in [3.63, 3.8) is 0 Å². The number of anilines is 1. The lowest BCUT2D eigenvalue weighted by molar-refractivity contribution is -0.175. The lowest BCUT2D eigenvalue weighted by Gasteiger charge is -2.35. The lowest BCUT2D eigenvalue weighted by atomic mass is 9.85. The van der Waals surface area contributed by atoms with Crippen LogP contribution in [0.3, 0.4) is 0 Å². The summed E-state index contributed by atoms with van der Waals surface area (Å²) in [6.07, 6.45) is 2.06. The predicted molar refractivity (Wildman–Crippen MR) is 117 cm³/mol. The Morgan fingerprint density at radius 3 is 2.48 bits per heavy atom. The maximum absolute atomic E-state index is 13.5. The molecular formula is C23H21ClF4N2O3. The Labute approximate surface area is 192 Å². The molecule has 0 bridgehead atoms. The standard InChI is InChI=1S/C23H21ClF4N2O3/c1-21(2)12-14-7-8-16(33-3)10-17(14)18(30-21)11-19(31)13-5-4-6-15(9-13)29-20(32)22(25,26)23(24,27)28/h4-11,30H,12H2,1-3H3,(H,29,32)/b18-11-. The summed E-state index contributed by atoms with van der Waals surface area (Å²) < 4.78 is 57.9. The van der Waals surface area contributed by atoms with Gasteiger partial charge >= 0.3 is 17.2 Å². The number of nitrogens with one attached hydrogen (secondary N) is 2. The van der Waals surface area contributed by atoms with E-state index < -0.39 is 23.0 Å². The van der Waals surface area contributed by atoms with E-state index in [0.717, 1.165) is 17.2 Å². The molecule has 0 saturated heterocycles. The van der Waals surface area contributed by atoms with Gasteiger partial charge in [0.15, 0.2) is 5.78 Å². The molecule has 2 aromatic rings. The third-order valence-electron chi connectivity index (χ3n) is 5.03. The molecule has 0 unspecified atom stereocenters. The highest BCUT2D eigenvalue weighted by atomic mass is 35.5. The van der Waals surface area contributed by atoms with Crippen LogP contribution >= 0.6 is 11.6 Å². The monoisotopic (exact) mass is 484 g/mol. The zero-order valence-corrected chi connectivity index (χ0v) is 18.7. The van der Waals surface area contributed by atoms with Crippen molar-refractivity contribution in [3.8, 4) is 5.75 Å². The summed E-state index contributed by atoms with van der Waals surface area (Å²) >= 11 is 4.34. The van der Waals surface area contributed by atoms with E-state index in [4.69, 9.17) is 4.74 Å². The van der Waals surface area contributed by atoms with E-state index in [0.29, 0.717) is 17.9 Å². The molecule has 1 amide bonds. The minimum atomic E-state index is -5.14. The van der Waals surface area contributed by atoms with Crippen molar-refractivity contribution >= 4 is 34.7 Å². The number of hydrogen-bond donors (Lipinski definition) is 2. The number of alkyl halides is 5. The average Bonchev–Trinajstić information content (AvgIpc) is 2.72. The molecule has 176 valence electrons. The van der Waals surface area contributed by atoms with Crippen LogP contribution in [0.4, 0.5) is 23.2 Å². The topological polar surface area (TPSA) is 67.4 Å². The average molecular weight is 485 g/mol. The number of hydrogen-bond acceptors (Lipinski definition) is 4. The Kier molecular flexibility index (Phi) is 6.48. The number of allylic oxidation sites excluding steroid dienone is 1. The van der Waals surface area contributed by atoms with E-state index in [9.17, 15) is 27.2 Å². The molecular weight excluding hydrogens is 464 g/mol. The molecule has 2 N–H and O–H groups in total. The van der Waals surface area contributed by atoms with E-state index >= 15 is 0 Å². The maximum Gasteiger partial charge on any atom is 0.401 e. The van der Waals surface area contributed by atoms with Gasteiger partial charge in [-0.1, -0.05) is 18.2 Å². The fourth-order valence-corrected chi connectivity index (χ4v) is 3.54. The number of ketones is 1. The van der Waals surface area contributed by atoms with Crippen molar-refractivity contribution < 1.29 is 31.9 Å². The molecule has 0 atom stereocenters. The number of carbonyl (C=O) groups excluding carboxylic acids is 2. The number of ether oxygens (including phenoxy) is 1. The summed E-state index contributed by atoms with van der Waals surface area (Å²) in [5.41, 5.74) is 1.76. The third-order valence-corrected chi connectivity index (χ3v) is 5.27. The molecule has 0 saturated carbocycles. The highest BCUT2D eigenvalue weighted by Crippen LogP contribution is 2.38. The zero-order valence-electron chi connectivity index (χ0n) is 17.9. The van der Waals surface area contributed by atoms with Gasteiger partial charge in [-0.3, -0.25) is 9.59 Å². The molecule has 1 aliphatic heterocycles. The predicted octanol–water partition coefficient (Wildman–Crippen LogP) is 5.25. The van der Waals surface area contributed by atoms with Crippen LogP contribution < -0.4 is 15.4 Å². The Bertz CT molecular complexity index is 1130. The van der Waals surface area contributed by atoms with E-state index in [1.165, 1.54) is 31.4 Å². The first-order chi connectivity index (χ1) is 15.2. The number of benzene rings is 2. The largest absolute Gasteiger partial charge is 0.497 e. The Morgan fingerprint density at radius 2 is 1.85 bits per heavy atom. The summed E-state index contributed by atoms with van der Waals surface area (Å²) in [4.78, 5) is 24.5. The molecule has 0 aliphatic carbocycles. The molecule has 3 rings (SSSR count). The number of methoxy groups -OCH3 is 1. The van der Waals surface area contributed by atoms with Gasteiger partial charge in [0.2, 0.25) is 0 Å². The summed E-state index contributed by atoms with van der Waals surface area (Å²) in [5, 5.41) is -0.0916. The molecule has 33 heavy (non-hydrogen) atoms. The van der Waals surface area contributed by atoms with Crippen molar-refractivity contribution in [2.24, 2.45) is 0 Å². The molecule has 1 heterocycles. The second-order valence-corrected chi connectivity index (χ2v) is 8.71. The molecule has 2 aromatic carbocycles. The number of amides is 1. The van der Waals surface area contributed by atoms with Gasteiger partial charge in [0.25, 0.3) is 0 Å². The first kappa shape index (κ1) is 24.6. The van der Waals surface area contributed by atoms with Crippen LogP contribution in [-0.4, -0.2) is 35.6 Å². The van der Waals surface area contributed by atoms with Gasteiger partial charge in [-0.05, 0) is 61.7 Å². The second-order valence-electron chi connectivity index (χ2n) is 8.24. The summed E-state index contributed by atoms with van der Waals surface area (Å²) in [6.45, 7) is 3.95. The van der Waals surface area contributed by atoms with Gasteiger partial charge < -0.3 is 15.4 Å². The van der Waals surface area contributed by atoms with E-state index in [1.807, 2.05) is 26.0 Å². The van der Waals surface area contributed by atoms with E-state index in [2.05, 4.69) is 16.9 Å². The molecule has 0 radical (unpaired) electrons. The van der Waals surface area contributed by atoms with Crippen molar-refractivity contribution in [2.45, 2.75) is 37.1 Å². The maximum atomic E-state index is 13.5. The minimum Gasteiger partial charge on any atom is -0.497 e. The summed E-state index contributed by atoms with van der Waals surface area (Å²) in [7, 11) is 1.53. The number of halogens is 5. The highest BCUT2D eigenvalue weighted by molar-refractivity contribution is 6.24. The smallest absolute Gasteiger partial charge is 0.401 e. The molecule has 0 spiro atoms. The molecule has 0 aromatic heterocycles. The third kappa shape index (κ3) is 5.30. The first-order valence-corrected chi connectivity index (χ1v) is 10.2. The van der Waals surface area contributed by atoms with Crippen LogP contribution in [-0.2, 0) is 11.2 Å². The van der Waals surface area contributed by atoms with E-state index in [-0.39, 0.29) is 16.8 Å². The normalized spacial score (nSPS) is 16.5. The van der Waals surface area contributed by atoms with Gasteiger partial charge in [0.05, 0.1) is 7.11 Å². The fourth-order valence-electron chi connectivity index (χ4n) is 3.46. The number of fused-ring (bicyclic) bond motifs is 1. The summed E-state index contributed by atoms with van der Waals surface area (Å²) in [6, 6.07) is 10.6. The van der Waals surface area contributed by atoms with Crippen LogP contribution in [0.25, 0.3) is 5.70 Å². The van der Waals surface area contributed by atoms with E-state index in [1.54, 1.807) is 11.4 Å². The molecule has 0 fully saturated rings.